The number of hydrogen-bond acceptors (Lipinski definition) is 3. The van der Waals surface area contributed by atoms with Crippen LogP contribution < -0.4 is 11.1 Å². The largest absolute Gasteiger partial charge is 0.399 e. The Bertz CT molecular complexity index is 393. The van der Waals surface area contributed by atoms with Crippen LogP contribution in [0.3, 0.4) is 0 Å². The highest BCUT2D eigenvalue weighted by atomic mass is 32.2. The minimum Gasteiger partial charge on any atom is -0.399 e. The van der Waals surface area contributed by atoms with E-state index in [2.05, 4.69) is 5.32 Å². The number of nitrogen functional groups attached to an aromatic ring is 1. The number of amides is 1. The lowest BCUT2D eigenvalue weighted by Gasteiger charge is -2.03. The van der Waals surface area contributed by atoms with Gasteiger partial charge in [0.25, 0.3) is 0 Å². The number of rotatable bonds is 5. The summed E-state index contributed by atoms with van der Waals surface area (Å²) in [7, 11) is 0.522. The van der Waals surface area contributed by atoms with Crippen molar-refractivity contribution in [1.82, 2.24) is 5.32 Å². The number of carbonyl (C=O) groups is 1. The molecular formula is C11H16N2O2S. The molecule has 1 atom stereocenters. The molecule has 5 heteroatoms. The number of nitrogens with two attached hydrogens (primary N) is 1. The van der Waals surface area contributed by atoms with E-state index in [0.29, 0.717) is 24.3 Å². The molecule has 0 aliphatic heterocycles. The summed E-state index contributed by atoms with van der Waals surface area (Å²) in [6.07, 6.45) is 1.02. The van der Waals surface area contributed by atoms with Gasteiger partial charge in [0.2, 0.25) is 5.91 Å². The van der Waals surface area contributed by atoms with Crippen molar-refractivity contribution in [3.05, 3.63) is 24.3 Å². The van der Waals surface area contributed by atoms with E-state index in [1.54, 1.807) is 31.3 Å². The Morgan fingerprint density at radius 3 is 2.88 bits per heavy atom. The first-order chi connectivity index (χ1) is 7.63. The molecule has 0 aliphatic carbocycles. The molecule has 0 spiro atoms. The fraction of sp³-hybridized carbons (Fsp3) is 0.364. The maximum absolute atomic E-state index is 11.8. The highest BCUT2D eigenvalue weighted by molar-refractivity contribution is 7.85. The molecule has 0 saturated heterocycles. The van der Waals surface area contributed by atoms with E-state index in [9.17, 15) is 9.00 Å². The first-order valence-corrected chi connectivity index (χ1v) is 6.40. The van der Waals surface area contributed by atoms with Crippen LogP contribution in [0.25, 0.3) is 0 Å². The third-order valence-corrected chi connectivity index (χ3v) is 3.57. The number of hydrogen-bond donors (Lipinski definition) is 2. The van der Waals surface area contributed by atoms with Crippen LogP contribution in [0.2, 0.25) is 0 Å². The lowest BCUT2D eigenvalue weighted by Crippen LogP contribution is -2.17. The maximum atomic E-state index is 11.8. The van der Waals surface area contributed by atoms with Gasteiger partial charge in [0, 0.05) is 29.8 Å². The fourth-order valence-electron chi connectivity index (χ4n) is 1.26. The van der Waals surface area contributed by atoms with E-state index in [-0.39, 0.29) is 5.91 Å². The summed E-state index contributed by atoms with van der Waals surface area (Å²) in [6.45, 7) is 0. The minimum absolute atomic E-state index is 0.0235. The lowest BCUT2D eigenvalue weighted by molar-refractivity contribution is -0.120. The first-order valence-electron chi connectivity index (χ1n) is 5.08. The second-order valence-corrected chi connectivity index (χ2v) is 4.97. The molecule has 1 aromatic rings. The average molecular weight is 240 g/mol. The second kappa shape index (κ2) is 6.27. The van der Waals surface area contributed by atoms with Crippen molar-refractivity contribution in [3.8, 4) is 0 Å². The molecule has 0 saturated carbocycles. The third-order valence-electron chi connectivity index (χ3n) is 2.13. The quantitative estimate of drug-likeness (QED) is 0.751. The van der Waals surface area contributed by atoms with Gasteiger partial charge in [-0.3, -0.25) is 9.00 Å². The molecule has 0 heterocycles. The molecular weight excluding hydrogens is 224 g/mol. The minimum atomic E-state index is -1.07. The fourth-order valence-corrected chi connectivity index (χ4v) is 2.40. The zero-order chi connectivity index (χ0) is 12.0. The Kier molecular flexibility index (Phi) is 4.98. The molecule has 0 radical (unpaired) electrons. The molecule has 4 nitrogen and oxygen atoms in total. The van der Waals surface area contributed by atoms with Crippen LogP contribution in [-0.4, -0.2) is 22.9 Å². The van der Waals surface area contributed by atoms with Crippen LogP contribution in [0.15, 0.2) is 29.2 Å². The Morgan fingerprint density at radius 2 is 2.25 bits per heavy atom. The molecule has 88 valence electrons. The molecule has 0 aromatic heterocycles. The van der Waals surface area contributed by atoms with Gasteiger partial charge in [0.05, 0.1) is 10.8 Å². The Balaban J connectivity index is 2.44. The standard InChI is InChI=1S/C11H16N2O2S/c1-13-11(14)6-3-7-16(15)10-5-2-4-9(12)8-10/h2,4-5,8H,3,6-7,12H2,1H3,(H,13,14). The third kappa shape index (κ3) is 4.02. The summed E-state index contributed by atoms with van der Waals surface area (Å²) >= 11 is 0. The normalized spacial score (nSPS) is 12.1. The Labute approximate surface area is 97.7 Å². The molecule has 0 aliphatic rings. The highest BCUT2D eigenvalue weighted by Gasteiger charge is 2.05. The van der Waals surface area contributed by atoms with Gasteiger partial charge in [-0.15, -0.1) is 0 Å². The number of benzene rings is 1. The van der Waals surface area contributed by atoms with Crippen molar-refractivity contribution in [1.29, 1.82) is 0 Å². The van der Waals surface area contributed by atoms with E-state index in [1.165, 1.54) is 0 Å². The van der Waals surface area contributed by atoms with Crippen molar-refractivity contribution >= 4 is 22.4 Å². The van der Waals surface area contributed by atoms with Gasteiger partial charge >= 0.3 is 0 Å². The number of carbonyl (C=O) groups excluding carboxylic acids is 1. The summed E-state index contributed by atoms with van der Waals surface area (Å²) in [5.41, 5.74) is 6.20. The number of anilines is 1. The van der Waals surface area contributed by atoms with E-state index in [4.69, 9.17) is 5.73 Å². The molecule has 0 fully saturated rings. The first kappa shape index (κ1) is 12.7. The SMILES string of the molecule is CNC(=O)CCCS(=O)c1cccc(N)c1. The van der Waals surface area contributed by atoms with Crippen molar-refractivity contribution < 1.29 is 9.00 Å². The smallest absolute Gasteiger partial charge is 0.219 e. The van der Waals surface area contributed by atoms with Gasteiger partial charge in [-0.2, -0.15) is 0 Å². The van der Waals surface area contributed by atoms with Gasteiger partial charge in [-0.25, -0.2) is 0 Å². The average Bonchev–Trinajstić information content (AvgIpc) is 2.28. The summed E-state index contributed by atoms with van der Waals surface area (Å²) in [6, 6.07) is 7.02. The highest BCUT2D eigenvalue weighted by Crippen LogP contribution is 2.12. The van der Waals surface area contributed by atoms with Gasteiger partial charge in [0.1, 0.15) is 0 Å². The second-order valence-electron chi connectivity index (χ2n) is 3.40. The van der Waals surface area contributed by atoms with Crippen LogP contribution in [0.1, 0.15) is 12.8 Å². The van der Waals surface area contributed by atoms with Gasteiger partial charge in [-0.05, 0) is 24.6 Å². The van der Waals surface area contributed by atoms with Crippen molar-refractivity contribution in [2.75, 3.05) is 18.5 Å². The summed E-state index contributed by atoms with van der Waals surface area (Å²) in [5, 5.41) is 2.53. The molecule has 16 heavy (non-hydrogen) atoms. The zero-order valence-electron chi connectivity index (χ0n) is 9.23. The number of nitrogens with one attached hydrogen (secondary N) is 1. The van der Waals surface area contributed by atoms with Gasteiger partial charge in [0.15, 0.2) is 0 Å². The van der Waals surface area contributed by atoms with Crippen molar-refractivity contribution in [2.24, 2.45) is 0 Å². The topological polar surface area (TPSA) is 72.2 Å². The molecule has 1 rings (SSSR count). The van der Waals surface area contributed by atoms with Crippen molar-refractivity contribution in [2.45, 2.75) is 17.7 Å². The Hall–Kier alpha value is -1.36. The van der Waals surface area contributed by atoms with E-state index >= 15 is 0 Å². The van der Waals surface area contributed by atoms with Crippen LogP contribution >= 0.6 is 0 Å². The van der Waals surface area contributed by atoms with Gasteiger partial charge in [-0.1, -0.05) is 6.07 Å². The maximum Gasteiger partial charge on any atom is 0.219 e. The van der Waals surface area contributed by atoms with Crippen LogP contribution in [0, 0.1) is 0 Å². The summed E-state index contributed by atoms with van der Waals surface area (Å²) in [4.78, 5) is 11.7. The molecule has 1 aromatic carbocycles. The van der Waals surface area contributed by atoms with Crippen molar-refractivity contribution in [3.63, 3.8) is 0 Å². The summed E-state index contributed by atoms with van der Waals surface area (Å²) < 4.78 is 11.8. The van der Waals surface area contributed by atoms with E-state index < -0.39 is 10.8 Å². The van der Waals surface area contributed by atoms with E-state index in [1.807, 2.05) is 0 Å². The molecule has 0 bridgehead atoms. The van der Waals surface area contributed by atoms with Crippen LogP contribution in [0.4, 0.5) is 5.69 Å². The predicted octanol–water partition coefficient (Wildman–Crippen LogP) is 0.903. The Morgan fingerprint density at radius 1 is 1.50 bits per heavy atom. The monoisotopic (exact) mass is 240 g/mol. The summed E-state index contributed by atoms with van der Waals surface area (Å²) in [5.74, 6) is 0.459. The zero-order valence-corrected chi connectivity index (χ0v) is 10.0. The lowest BCUT2D eigenvalue weighted by atomic mass is 10.3. The predicted molar refractivity (Wildman–Crippen MR) is 65.4 cm³/mol. The molecule has 1 unspecified atom stereocenters. The van der Waals surface area contributed by atoms with Gasteiger partial charge < -0.3 is 11.1 Å². The van der Waals surface area contributed by atoms with Crippen LogP contribution in [0.5, 0.6) is 0 Å². The molecule has 3 N–H and O–H groups in total. The van der Waals surface area contributed by atoms with Crippen LogP contribution in [-0.2, 0) is 15.6 Å². The van der Waals surface area contributed by atoms with E-state index in [0.717, 1.165) is 4.90 Å². The molecule has 1 amide bonds.